The molecule has 186 valence electrons. The fraction of sp³-hybridized carbons (Fsp3) is 0.440. The fourth-order valence-electron chi connectivity index (χ4n) is 3.39. The van der Waals surface area contributed by atoms with Crippen LogP contribution in [-0.2, 0) is 4.79 Å². The number of hydrogen-bond acceptors (Lipinski definition) is 7. The Kier molecular flexibility index (Phi) is 12.0. The number of benzene rings is 2. The lowest BCUT2D eigenvalue weighted by atomic mass is 10.3. The third-order valence-electron chi connectivity index (χ3n) is 5.05. The maximum absolute atomic E-state index is 13.2. The number of rotatable bonds is 13. The van der Waals surface area contributed by atoms with Crippen LogP contribution in [-0.4, -0.2) is 62.4 Å². The summed E-state index contributed by atoms with van der Waals surface area (Å²) < 4.78 is 12.0. The maximum atomic E-state index is 13.2. The van der Waals surface area contributed by atoms with Gasteiger partial charge in [-0.1, -0.05) is 17.4 Å². The van der Waals surface area contributed by atoms with E-state index in [1.165, 1.54) is 4.90 Å². The molecule has 3 aromatic rings. The number of amides is 1. The van der Waals surface area contributed by atoms with Crippen molar-refractivity contribution in [3.63, 3.8) is 0 Å². The van der Waals surface area contributed by atoms with Gasteiger partial charge in [0.05, 0.1) is 18.4 Å². The molecule has 0 saturated carbocycles. The molecule has 0 bridgehead atoms. The second-order valence-corrected chi connectivity index (χ2v) is 10.0. The summed E-state index contributed by atoms with van der Waals surface area (Å²) >= 11 is 3.32. The van der Waals surface area contributed by atoms with E-state index < -0.39 is 0 Å². The van der Waals surface area contributed by atoms with Crippen LogP contribution in [0.15, 0.2) is 47.4 Å². The van der Waals surface area contributed by atoms with Gasteiger partial charge in [-0.2, -0.15) is 0 Å². The van der Waals surface area contributed by atoms with E-state index in [4.69, 9.17) is 14.5 Å². The summed E-state index contributed by atoms with van der Waals surface area (Å²) in [6.07, 6.45) is 2.21. The second kappa shape index (κ2) is 14.4. The summed E-state index contributed by atoms with van der Waals surface area (Å²) in [5.41, 5.74) is 0.833. The van der Waals surface area contributed by atoms with Crippen LogP contribution >= 0.6 is 35.5 Å². The largest absolute Gasteiger partial charge is 0.497 e. The van der Waals surface area contributed by atoms with Crippen molar-refractivity contribution in [3.05, 3.63) is 42.5 Å². The van der Waals surface area contributed by atoms with E-state index in [0.717, 1.165) is 52.0 Å². The molecule has 0 fully saturated rings. The molecule has 0 N–H and O–H groups in total. The van der Waals surface area contributed by atoms with Crippen LogP contribution in [0.5, 0.6) is 11.5 Å². The van der Waals surface area contributed by atoms with Crippen LogP contribution in [0, 0.1) is 0 Å². The normalized spacial score (nSPS) is 10.9. The van der Waals surface area contributed by atoms with Crippen LogP contribution < -0.4 is 14.4 Å². The summed E-state index contributed by atoms with van der Waals surface area (Å²) in [7, 11) is 5.77. The smallest absolute Gasteiger partial charge is 0.228 e. The molecule has 0 spiro atoms. The van der Waals surface area contributed by atoms with Crippen molar-refractivity contribution in [3.8, 4) is 11.5 Å². The average molecular weight is 524 g/mol. The van der Waals surface area contributed by atoms with Gasteiger partial charge in [0.25, 0.3) is 0 Å². The Balaban J connectivity index is 0.00000408. The van der Waals surface area contributed by atoms with Gasteiger partial charge in [0.2, 0.25) is 5.91 Å². The number of ether oxygens (including phenoxy) is 2. The molecule has 0 radical (unpaired) electrons. The van der Waals surface area contributed by atoms with E-state index in [0.29, 0.717) is 19.6 Å². The Labute approximate surface area is 217 Å². The van der Waals surface area contributed by atoms with Gasteiger partial charge in [-0.3, -0.25) is 9.69 Å². The van der Waals surface area contributed by atoms with Gasteiger partial charge in [-0.05, 0) is 82.6 Å². The molecule has 1 aromatic heterocycles. The first-order chi connectivity index (χ1) is 16.0. The average Bonchev–Trinajstić information content (AvgIpc) is 3.25. The Morgan fingerprint density at radius 3 is 2.53 bits per heavy atom. The Bertz CT molecular complexity index is 1030. The molecule has 1 amide bonds. The van der Waals surface area contributed by atoms with E-state index in [2.05, 4.69) is 31.1 Å². The van der Waals surface area contributed by atoms with Gasteiger partial charge < -0.3 is 14.4 Å². The van der Waals surface area contributed by atoms with Gasteiger partial charge in [-0.15, -0.1) is 24.2 Å². The number of halogens is 1. The standard InChI is InChI=1S/C25H33N3O3S2.ClH/c1-5-31-21-9-6-10-22-24(21)26-25(33-22)28(17-8-16-27(2)3)23(29)11-7-18-32-20-14-12-19(30-4)13-15-20;/h6,9-10,12-15H,5,7-8,11,16-18H2,1-4H3;1H. The highest BCUT2D eigenvalue weighted by Gasteiger charge is 2.20. The quantitative estimate of drug-likeness (QED) is 0.203. The predicted molar refractivity (Wildman–Crippen MR) is 147 cm³/mol. The van der Waals surface area contributed by atoms with E-state index >= 15 is 0 Å². The minimum atomic E-state index is 0. The number of thioether (sulfide) groups is 1. The number of para-hydroxylation sites is 1. The number of carbonyl (C=O) groups is 1. The van der Waals surface area contributed by atoms with Crippen molar-refractivity contribution in [1.82, 2.24) is 9.88 Å². The molecule has 0 aliphatic carbocycles. The molecular weight excluding hydrogens is 490 g/mol. The first-order valence-corrected chi connectivity index (χ1v) is 13.1. The molecule has 0 unspecified atom stereocenters. The topological polar surface area (TPSA) is 54.9 Å². The first-order valence-electron chi connectivity index (χ1n) is 11.3. The van der Waals surface area contributed by atoms with Crippen molar-refractivity contribution in [2.75, 3.05) is 51.6 Å². The van der Waals surface area contributed by atoms with Crippen LogP contribution in [0.2, 0.25) is 0 Å². The number of carbonyl (C=O) groups excluding carboxylic acids is 1. The Morgan fingerprint density at radius 2 is 1.85 bits per heavy atom. The highest BCUT2D eigenvalue weighted by Crippen LogP contribution is 2.34. The van der Waals surface area contributed by atoms with Crippen LogP contribution in [0.1, 0.15) is 26.2 Å². The van der Waals surface area contributed by atoms with Crippen LogP contribution in [0.4, 0.5) is 5.13 Å². The van der Waals surface area contributed by atoms with Gasteiger partial charge in [-0.25, -0.2) is 4.98 Å². The number of methoxy groups -OCH3 is 1. The molecule has 9 heteroatoms. The zero-order chi connectivity index (χ0) is 23.6. The van der Waals surface area contributed by atoms with Crippen LogP contribution in [0.3, 0.4) is 0 Å². The molecule has 0 aliphatic rings. The summed E-state index contributed by atoms with van der Waals surface area (Å²) in [5, 5.41) is 0.753. The number of fused-ring (bicyclic) bond motifs is 1. The molecule has 1 heterocycles. The summed E-state index contributed by atoms with van der Waals surface area (Å²) in [6, 6.07) is 14.0. The first kappa shape index (κ1) is 28.2. The van der Waals surface area contributed by atoms with E-state index in [9.17, 15) is 4.79 Å². The third kappa shape index (κ3) is 8.05. The SMILES string of the molecule is CCOc1cccc2sc(N(CCCN(C)C)C(=O)CCCSc3ccc(OC)cc3)nc12.Cl. The number of thiazole rings is 1. The fourth-order valence-corrected chi connectivity index (χ4v) is 5.27. The lowest BCUT2D eigenvalue weighted by molar-refractivity contribution is -0.118. The highest BCUT2D eigenvalue weighted by molar-refractivity contribution is 7.99. The lowest BCUT2D eigenvalue weighted by Gasteiger charge is -2.21. The molecule has 0 atom stereocenters. The summed E-state index contributed by atoms with van der Waals surface area (Å²) in [6.45, 7) is 4.13. The van der Waals surface area contributed by atoms with Crippen molar-refractivity contribution in [2.45, 2.75) is 31.1 Å². The van der Waals surface area contributed by atoms with E-state index in [1.54, 1.807) is 30.2 Å². The van der Waals surface area contributed by atoms with Crippen molar-refractivity contribution < 1.29 is 14.3 Å². The van der Waals surface area contributed by atoms with Gasteiger partial charge >= 0.3 is 0 Å². The molecule has 3 rings (SSSR count). The second-order valence-electron chi connectivity index (χ2n) is 7.86. The highest BCUT2D eigenvalue weighted by atomic mass is 35.5. The zero-order valence-corrected chi connectivity index (χ0v) is 22.7. The van der Waals surface area contributed by atoms with Crippen molar-refractivity contribution in [1.29, 1.82) is 0 Å². The lowest BCUT2D eigenvalue weighted by Crippen LogP contribution is -2.33. The molecule has 2 aromatic carbocycles. The Hall–Kier alpha value is -2.00. The van der Waals surface area contributed by atoms with Gasteiger partial charge in [0.1, 0.15) is 17.0 Å². The monoisotopic (exact) mass is 523 g/mol. The summed E-state index contributed by atoms with van der Waals surface area (Å²) in [4.78, 5) is 23.2. The van der Waals surface area contributed by atoms with Crippen molar-refractivity contribution >= 4 is 56.8 Å². The number of anilines is 1. The molecule has 0 aliphatic heterocycles. The number of hydrogen-bond donors (Lipinski definition) is 0. The summed E-state index contributed by atoms with van der Waals surface area (Å²) in [5.74, 6) is 2.64. The minimum absolute atomic E-state index is 0. The maximum Gasteiger partial charge on any atom is 0.228 e. The van der Waals surface area contributed by atoms with Gasteiger partial charge in [0.15, 0.2) is 5.13 Å². The van der Waals surface area contributed by atoms with E-state index in [1.807, 2.05) is 42.2 Å². The Morgan fingerprint density at radius 1 is 1.09 bits per heavy atom. The van der Waals surface area contributed by atoms with Crippen LogP contribution in [0.25, 0.3) is 10.2 Å². The minimum Gasteiger partial charge on any atom is -0.497 e. The number of aromatic nitrogens is 1. The molecule has 0 saturated heterocycles. The zero-order valence-electron chi connectivity index (χ0n) is 20.3. The van der Waals surface area contributed by atoms with Crippen molar-refractivity contribution in [2.24, 2.45) is 0 Å². The van der Waals surface area contributed by atoms with E-state index in [-0.39, 0.29) is 18.3 Å². The van der Waals surface area contributed by atoms with Gasteiger partial charge in [0, 0.05) is 17.9 Å². The number of nitrogens with zero attached hydrogens (tertiary/aromatic N) is 3. The third-order valence-corrected chi connectivity index (χ3v) is 7.19. The predicted octanol–water partition coefficient (Wildman–Crippen LogP) is 5.98. The molecule has 6 nitrogen and oxygen atoms in total. The molecular formula is C25H34ClN3O3S2. The molecule has 34 heavy (non-hydrogen) atoms.